The van der Waals surface area contributed by atoms with Crippen molar-refractivity contribution < 1.29 is 22.7 Å². The van der Waals surface area contributed by atoms with Crippen LogP contribution in [-0.4, -0.2) is 45.9 Å². The van der Waals surface area contributed by atoms with Crippen molar-refractivity contribution in [3.8, 4) is 11.5 Å². The Kier molecular flexibility index (Phi) is 7.76. The van der Waals surface area contributed by atoms with Crippen LogP contribution in [0.25, 0.3) is 0 Å². The normalized spacial score (nSPS) is 11.4. The Hall–Kier alpha value is -2.00. The molecule has 0 saturated carbocycles. The summed E-state index contributed by atoms with van der Waals surface area (Å²) < 4.78 is 37.1. The summed E-state index contributed by atoms with van der Waals surface area (Å²) in [6, 6.07) is 7.04. The summed E-state index contributed by atoms with van der Waals surface area (Å²) in [5, 5.41) is 3.01. The van der Waals surface area contributed by atoms with Crippen molar-refractivity contribution in [2.24, 2.45) is 0 Å². The third kappa shape index (κ3) is 4.95. The average molecular weight is 461 g/mol. The van der Waals surface area contributed by atoms with Gasteiger partial charge in [0.25, 0.3) is 5.91 Å². The largest absolute Gasteiger partial charge is 0.493 e. The molecule has 0 heterocycles. The van der Waals surface area contributed by atoms with Gasteiger partial charge in [-0.25, -0.2) is 8.42 Å². The van der Waals surface area contributed by atoms with Crippen LogP contribution in [0.15, 0.2) is 35.2 Å². The summed E-state index contributed by atoms with van der Waals surface area (Å²) in [5.41, 5.74) is 0.358. The fourth-order valence-electron chi connectivity index (χ4n) is 2.72. The molecule has 29 heavy (non-hydrogen) atoms. The van der Waals surface area contributed by atoms with Crippen molar-refractivity contribution in [2.75, 3.05) is 32.6 Å². The highest BCUT2D eigenvalue weighted by Crippen LogP contribution is 2.36. The number of carbonyl (C=O) groups is 1. The molecule has 2 rings (SSSR count). The molecular formula is C19H22Cl2N2O5S. The van der Waals surface area contributed by atoms with Crippen molar-refractivity contribution in [3.05, 3.63) is 45.9 Å². The molecule has 0 aliphatic rings. The van der Waals surface area contributed by atoms with E-state index < -0.39 is 15.9 Å². The molecule has 0 aliphatic heterocycles. The second-order valence-corrected chi connectivity index (χ2v) is 8.63. The van der Waals surface area contributed by atoms with E-state index in [9.17, 15) is 13.2 Å². The number of halogens is 2. The number of ether oxygens (including phenoxy) is 2. The molecule has 0 saturated heterocycles. The zero-order chi connectivity index (χ0) is 21.8. The summed E-state index contributed by atoms with van der Waals surface area (Å²) in [4.78, 5) is 12.7. The summed E-state index contributed by atoms with van der Waals surface area (Å²) in [6.07, 6.45) is 0. The van der Waals surface area contributed by atoms with Crippen molar-refractivity contribution in [1.82, 2.24) is 4.31 Å². The summed E-state index contributed by atoms with van der Waals surface area (Å²) >= 11 is 12.3. The fraction of sp³-hybridized carbons (Fsp3) is 0.316. The number of hydrogen-bond donors (Lipinski definition) is 1. The van der Waals surface area contributed by atoms with E-state index in [0.29, 0.717) is 18.8 Å². The van der Waals surface area contributed by atoms with Gasteiger partial charge in [0.15, 0.2) is 11.5 Å². The third-order valence-corrected chi connectivity index (χ3v) is 6.88. The van der Waals surface area contributed by atoms with Crippen LogP contribution in [0.4, 0.5) is 5.69 Å². The standard InChI is InChI=1S/C19H22Cl2N2O5S/c1-5-23(6-2)29(25,26)13-7-8-14(20)16(11-13)22-19(24)12-9-15(21)18(28-4)17(10-12)27-3/h7-11H,5-6H2,1-4H3,(H,22,24). The molecule has 2 aromatic carbocycles. The van der Waals surface area contributed by atoms with E-state index in [1.807, 2.05) is 0 Å². The van der Waals surface area contributed by atoms with Gasteiger partial charge < -0.3 is 14.8 Å². The van der Waals surface area contributed by atoms with E-state index in [1.165, 1.54) is 48.9 Å². The van der Waals surface area contributed by atoms with Gasteiger partial charge >= 0.3 is 0 Å². The van der Waals surface area contributed by atoms with Gasteiger partial charge in [0, 0.05) is 18.7 Å². The van der Waals surface area contributed by atoms with E-state index >= 15 is 0 Å². The number of methoxy groups -OCH3 is 2. The smallest absolute Gasteiger partial charge is 0.255 e. The molecule has 158 valence electrons. The maximum Gasteiger partial charge on any atom is 0.255 e. The van der Waals surface area contributed by atoms with Gasteiger partial charge in [-0.3, -0.25) is 4.79 Å². The molecule has 1 amide bonds. The molecule has 7 nitrogen and oxygen atoms in total. The Morgan fingerprint density at radius 3 is 2.24 bits per heavy atom. The van der Waals surface area contributed by atoms with Gasteiger partial charge in [-0.05, 0) is 30.3 Å². The highest BCUT2D eigenvalue weighted by atomic mass is 35.5. The van der Waals surface area contributed by atoms with Crippen LogP contribution in [0.5, 0.6) is 11.5 Å². The van der Waals surface area contributed by atoms with E-state index in [2.05, 4.69) is 5.32 Å². The zero-order valence-corrected chi connectivity index (χ0v) is 18.8. The van der Waals surface area contributed by atoms with Crippen molar-refractivity contribution in [1.29, 1.82) is 0 Å². The maximum absolute atomic E-state index is 12.7. The Bertz CT molecular complexity index is 1010. The molecule has 0 bridgehead atoms. The first-order valence-corrected chi connectivity index (χ1v) is 10.9. The molecule has 0 aromatic heterocycles. The number of hydrogen-bond acceptors (Lipinski definition) is 5. The Labute approximate surface area is 180 Å². The van der Waals surface area contributed by atoms with Crippen LogP contribution in [0, 0.1) is 0 Å². The molecule has 0 unspecified atom stereocenters. The number of sulfonamides is 1. The monoisotopic (exact) mass is 460 g/mol. The molecule has 2 aromatic rings. The molecule has 0 spiro atoms. The van der Waals surface area contributed by atoms with Crippen LogP contribution in [-0.2, 0) is 10.0 Å². The minimum Gasteiger partial charge on any atom is -0.493 e. The topological polar surface area (TPSA) is 84.9 Å². The maximum atomic E-state index is 12.7. The number of carbonyl (C=O) groups excluding carboxylic acids is 1. The van der Waals surface area contributed by atoms with Crippen molar-refractivity contribution in [3.63, 3.8) is 0 Å². The summed E-state index contributed by atoms with van der Waals surface area (Å²) in [6.45, 7) is 4.15. The Morgan fingerprint density at radius 2 is 1.69 bits per heavy atom. The highest BCUT2D eigenvalue weighted by molar-refractivity contribution is 7.89. The van der Waals surface area contributed by atoms with Crippen LogP contribution >= 0.6 is 23.2 Å². The summed E-state index contributed by atoms with van der Waals surface area (Å²) in [7, 11) is -0.841. The van der Waals surface area contributed by atoms with Crippen LogP contribution < -0.4 is 14.8 Å². The molecular weight excluding hydrogens is 439 g/mol. The minimum absolute atomic E-state index is 0.0336. The van der Waals surface area contributed by atoms with E-state index in [-0.39, 0.29) is 31.9 Å². The van der Waals surface area contributed by atoms with Crippen LogP contribution in [0.2, 0.25) is 10.0 Å². The molecule has 0 fully saturated rings. The summed E-state index contributed by atoms with van der Waals surface area (Å²) in [5.74, 6) is 0.0531. The van der Waals surface area contributed by atoms with Crippen LogP contribution in [0.3, 0.4) is 0 Å². The quantitative estimate of drug-likeness (QED) is 0.634. The van der Waals surface area contributed by atoms with Gasteiger partial charge in [0.1, 0.15) is 0 Å². The molecule has 0 radical (unpaired) electrons. The van der Waals surface area contributed by atoms with Gasteiger partial charge in [0.2, 0.25) is 10.0 Å². The molecule has 1 N–H and O–H groups in total. The first-order chi connectivity index (χ1) is 13.7. The second kappa shape index (κ2) is 9.67. The fourth-order valence-corrected chi connectivity index (χ4v) is 4.65. The lowest BCUT2D eigenvalue weighted by Crippen LogP contribution is -2.30. The molecule has 0 atom stereocenters. The lowest BCUT2D eigenvalue weighted by Gasteiger charge is -2.19. The number of anilines is 1. The first kappa shape index (κ1) is 23.3. The minimum atomic E-state index is -3.70. The number of nitrogens with one attached hydrogen (secondary N) is 1. The van der Waals surface area contributed by atoms with Crippen molar-refractivity contribution in [2.45, 2.75) is 18.7 Å². The Balaban J connectivity index is 2.40. The van der Waals surface area contributed by atoms with Gasteiger partial charge in [0.05, 0.1) is 34.8 Å². The van der Waals surface area contributed by atoms with E-state index in [0.717, 1.165) is 0 Å². The number of nitrogens with zero attached hydrogens (tertiary/aromatic N) is 1. The molecule has 0 aliphatic carbocycles. The van der Waals surface area contributed by atoms with Gasteiger partial charge in [-0.1, -0.05) is 37.0 Å². The first-order valence-electron chi connectivity index (χ1n) is 8.72. The third-order valence-electron chi connectivity index (χ3n) is 4.22. The molecule has 10 heteroatoms. The predicted octanol–water partition coefficient (Wildman–Crippen LogP) is 4.29. The van der Waals surface area contributed by atoms with Gasteiger partial charge in [-0.2, -0.15) is 4.31 Å². The number of benzene rings is 2. The highest BCUT2D eigenvalue weighted by Gasteiger charge is 2.23. The number of rotatable bonds is 8. The zero-order valence-electron chi connectivity index (χ0n) is 16.5. The van der Waals surface area contributed by atoms with Gasteiger partial charge in [-0.15, -0.1) is 0 Å². The lowest BCUT2D eigenvalue weighted by atomic mass is 10.1. The average Bonchev–Trinajstić information content (AvgIpc) is 2.69. The van der Waals surface area contributed by atoms with Crippen LogP contribution in [0.1, 0.15) is 24.2 Å². The number of amides is 1. The Morgan fingerprint density at radius 1 is 1.03 bits per heavy atom. The van der Waals surface area contributed by atoms with Crippen molar-refractivity contribution >= 4 is 44.8 Å². The lowest BCUT2D eigenvalue weighted by molar-refractivity contribution is 0.102. The second-order valence-electron chi connectivity index (χ2n) is 5.88. The predicted molar refractivity (Wildman–Crippen MR) is 114 cm³/mol. The van der Waals surface area contributed by atoms with E-state index in [4.69, 9.17) is 32.7 Å². The van der Waals surface area contributed by atoms with E-state index in [1.54, 1.807) is 13.8 Å². The SMILES string of the molecule is CCN(CC)S(=O)(=O)c1ccc(Cl)c(NC(=O)c2cc(Cl)c(OC)c(OC)c2)c1.